The van der Waals surface area contributed by atoms with Crippen LogP contribution in [0.25, 0.3) is 0 Å². The average Bonchev–Trinajstić information content (AvgIpc) is 2.70. The van der Waals surface area contributed by atoms with Gasteiger partial charge >= 0.3 is 5.97 Å². The number of thioether (sulfide) groups is 1. The molecule has 0 aromatic rings. The van der Waals surface area contributed by atoms with Gasteiger partial charge in [-0.1, -0.05) is 38.2 Å². The van der Waals surface area contributed by atoms with E-state index in [2.05, 4.69) is 10.6 Å². The summed E-state index contributed by atoms with van der Waals surface area (Å²) in [6.45, 7) is 3.93. The van der Waals surface area contributed by atoms with Gasteiger partial charge in [0, 0.05) is 0 Å². The van der Waals surface area contributed by atoms with E-state index in [9.17, 15) is 24.3 Å². The largest absolute Gasteiger partial charge is 0.480 e. The average molecular weight is 440 g/mol. The summed E-state index contributed by atoms with van der Waals surface area (Å²) in [6, 6.07) is -2.86. The Bertz CT molecular complexity index is 680. The van der Waals surface area contributed by atoms with Gasteiger partial charge in [-0.25, -0.2) is 4.79 Å². The molecule has 4 atom stereocenters. The molecule has 0 bridgehead atoms. The molecule has 0 spiro atoms. The van der Waals surface area contributed by atoms with Crippen molar-refractivity contribution in [3.8, 4) is 0 Å². The van der Waals surface area contributed by atoms with Crippen molar-refractivity contribution in [3.63, 3.8) is 0 Å². The van der Waals surface area contributed by atoms with Gasteiger partial charge in [0.2, 0.25) is 12.3 Å². The molecule has 1 rings (SSSR count). The smallest absolute Gasteiger partial charge is 0.326 e. The lowest BCUT2D eigenvalue weighted by Crippen LogP contribution is -2.53. The number of rotatable bonds is 14. The molecule has 0 heterocycles. The van der Waals surface area contributed by atoms with Crippen LogP contribution < -0.4 is 16.4 Å². The number of carboxylic acids is 1. The van der Waals surface area contributed by atoms with E-state index in [4.69, 9.17) is 5.73 Å². The van der Waals surface area contributed by atoms with E-state index in [0.717, 1.165) is 0 Å². The van der Waals surface area contributed by atoms with Gasteiger partial charge in [0.1, 0.15) is 12.1 Å². The number of nitrogens with two attached hydrogens (primary N) is 1. The molecule has 1 aliphatic rings. The summed E-state index contributed by atoms with van der Waals surface area (Å²) >= 11 is 1.51. The molecule has 0 saturated heterocycles. The fourth-order valence-corrected chi connectivity index (χ4v) is 4.00. The number of aliphatic carboxylic acids is 1. The van der Waals surface area contributed by atoms with Crippen LogP contribution in [0, 0.1) is 11.3 Å². The zero-order chi connectivity index (χ0) is 22.7. The van der Waals surface area contributed by atoms with Crippen molar-refractivity contribution >= 4 is 35.8 Å². The van der Waals surface area contributed by atoms with Crippen molar-refractivity contribution in [1.29, 1.82) is 0 Å². The molecule has 168 valence electrons. The number of Topliss-reactive ketones (excluding diaryl/α,β-unsaturated/α-hetero) is 1. The summed E-state index contributed by atoms with van der Waals surface area (Å²) in [5.74, 6) is -1.23. The third-order valence-corrected chi connectivity index (χ3v) is 5.72. The van der Waals surface area contributed by atoms with Gasteiger partial charge < -0.3 is 21.5 Å². The van der Waals surface area contributed by atoms with Crippen LogP contribution in [0.15, 0.2) is 24.3 Å². The van der Waals surface area contributed by atoms with Crippen LogP contribution in [0.5, 0.6) is 0 Å². The first-order chi connectivity index (χ1) is 14.2. The Morgan fingerprint density at radius 3 is 2.47 bits per heavy atom. The van der Waals surface area contributed by atoms with Crippen LogP contribution in [0.2, 0.25) is 0 Å². The number of hydrogen-bond donors (Lipinski definition) is 4. The first-order valence-electron chi connectivity index (χ1n) is 10.0. The molecule has 0 radical (unpaired) electrons. The molecule has 0 saturated carbocycles. The van der Waals surface area contributed by atoms with Crippen molar-refractivity contribution in [2.24, 2.45) is 17.1 Å². The van der Waals surface area contributed by atoms with Crippen LogP contribution in [0.4, 0.5) is 0 Å². The number of nitrogens with one attached hydrogen (secondary N) is 2. The number of ketones is 1. The van der Waals surface area contributed by atoms with Gasteiger partial charge in [0.05, 0.1) is 11.5 Å². The Labute approximate surface area is 182 Å². The molecule has 5 N–H and O–H groups in total. The molecule has 0 aliphatic heterocycles. The van der Waals surface area contributed by atoms with E-state index in [0.29, 0.717) is 31.4 Å². The molecule has 1 unspecified atom stereocenters. The highest BCUT2D eigenvalue weighted by Gasteiger charge is 2.42. The van der Waals surface area contributed by atoms with E-state index in [1.165, 1.54) is 11.8 Å². The summed E-state index contributed by atoms with van der Waals surface area (Å²) in [6.07, 6.45) is 10.3. The number of carbonyl (C=O) groups excluding carboxylic acids is 3. The first-order valence-corrected chi connectivity index (χ1v) is 11.4. The number of carboxylic acid groups (broad SMARTS) is 1. The summed E-state index contributed by atoms with van der Waals surface area (Å²) in [7, 11) is 0. The molecule has 8 nitrogen and oxygen atoms in total. The number of carbonyl (C=O) groups is 4. The van der Waals surface area contributed by atoms with E-state index in [1.54, 1.807) is 24.3 Å². The zero-order valence-electron chi connectivity index (χ0n) is 17.8. The highest BCUT2D eigenvalue weighted by molar-refractivity contribution is 7.98. The molecular weight excluding hydrogens is 406 g/mol. The van der Waals surface area contributed by atoms with Crippen molar-refractivity contribution in [2.75, 3.05) is 12.0 Å². The molecule has 30 heavy (non-hydrogen) atoms. The monoisotopic (exact) mass is 439 g/mol. The fourth-order valence-electron chi connectivity index (χ4n) is 3.53. The van der Waals surface area contributed by atoms with Gasteiger partial charge in [-0.15, -0.1) is 0 Å². The summed E-state index contributed by atoms with van der Waals surface area (Å²) in [5.41, 5.74) is 5.03. The Hall–Kier alpha value is -2.13. The maximum Gasteiger partial charge on any atom is 0.326 e. The highest BCUT2D eigenvalue weighted by atomic mass is 32.2. The fraction of sp³-hybridized carbons (Fsp3) is 0.619. The van der Waals surface area contributed by atoms with Crippen LogP contribution >= 0.6 is 11.8 Å². The van der Waals surface area contributed by atoms with Crippen molar-refractivity contribution in [3.05, 3.63) is 24.3 Å². The number of hydrogen-bond acceptors (Lipinski definition) is 6. The minimum absolute atomic E-state index is 0.115. The maximum atomic E-state index is 13.2. The number of allylic oxidation sites excluding steroid dienone is 4. The summed E-state index contributed by atoms with van der Waals surface area (Å²) in [4.78, 5) is 48.6. The summed E-state index contributed by atoms with van der Waals surface area (Å²) < 4.78 is 0. The number of amides is 2. The summed E-state index contributed by atoms with van der Waals surface area (Å²) in [5, 5.41) is 14.7. The molecule has 0 fully saturated rings. The van der Waals surface area contributed by atoms with Gasteiger partial charge in [-0.05, 0) is 43.6 Å². The lowest BCUT2D eigenvalue weighted by molar-refractivity contribution is -0.143. The normalized spacial score (nSPS) is 21.0. The second-order valence-electron chi connectivity index (χ2n) is 7.97. The van der Waals surface area contributed by atoms with Crippen LogP contribution in [-0.4, -0.2) is 59.3 Å². The Morgan fingerprint density at radius 2 is 1.97 bits per heavy atom. The van der Waals surface area contributed by atoms with E-state index in [-0.39, 0.29) is 18.1 Å². The minimum atomic E-state index is -1.30. The van der Waals surface area contributed by atoms with E-state index >= 15 is 0 Å². The quantitative estimate of drug-likeness (QED) is 0.299. The SMILES string of the molecule is CSCC[C@H](NC=O)C(=O)N[C@@H](CC1(C(=O)[C@@H](N)CC(C)C)C=CC=CC1)C(=O)O. The van der Waals surface area contributed by atoms with Gasteiger partial charge in [-0.2, -0.15) is 11.8 Å². The Morgan fingerprint density at radius 1 is 1.27 bits per heavy atom. The Kier molecular flexibility index (Phi) is 10.8. The van der Waals surface area contributed by atoms with E-state index in [1.807, 2.05) is 20.1 Å². The van der Waals surface area contributed by atoms with Crippen LogP contribution in [0.3, 0.4) is 0 Å². The molecule has 2 amide bonds. The van der Waals surface area contributed by atoms with Crippen LogP contribution in [-0.2, 0) is 19.2 Å². The molecule has 1 aliphatic carbocycles. The van der Waals surface area contributed by atoms with Crippen molar-refractivity contribution in [2.45, 2.75) is 57.7 Å². The molecule has 9 heteroatoms. The standard InChI is InChI=1S/C21H33N3O5S/c1-14(2)11-15(22)18(26)21(8-5-4-6-9-21)12-17(20(28)29)24-19(27)16(23-13-25)7-10-30-3/h4-6,8,13-17H,7,9-12,22H2,1-3H3,(H,23,25)(H,24,27)(H,28,29)/t15-,16-,17-,21?/m0/s1. The third kappa shape index (κ3) is 7.60. The highest BCUT2D eigenvalue weighted by Crippen LogP contribution is 2.36. The third-order valence-electron chi connectivity index (χ3n) is 5.08. The second-order valence-corrected chi connectivity index (χ2v) is 8.96. The Balaban J connectivity index is 3.05. The first kappa shape index (κ1) is 25.9. The molecule has 0 aromatic heterocycles. The predicted octanol–water partition coefficient (Wildman–Crippen LogP) is 1.26. The van der Waals surface area contributed by atoms with Gasteiger partial charge in [0.15, 0.2) is 5.78 Å². The van der Waals surface area contributed by atoms with Gasteiger partial charge in [-0.3, -0.25) is 14.4 Å². The zero-order valence-corrected chi connectivity index (χ0v) is 18.6. The maximum absolute atomic E-state index is 13.2. The van der Waals surface area contributed by atoms with Gasteiger partial charge in [0.25, 0.3) is 0 Å². The molecule has 0 aromatic carbocycles. The predicted molar refractivity (Wildman–Crippen MR) is 118 cm³/mol. The van der Waals surface area contributed by atoms with Crippen LogP contribution in [0.1, 0.15) is 39.5 Å². The second kappa shape index (κ2) is 12.5. The van der Waals surface area contributed by atoms with Crippen molar-refractivity contribution in [1.82, 2.24) is 10.6 Å². The topological polar surface area (TPSA) is 139 Å². The lowest BCUT2D eigenvalue weighted by Gasteiger charge is -2.35. The minimum Gasteiger partial charge on any atom is -0.480 e. The molecular formula is C21H33N3O5S. The van der Waals surface area contributed by atoms with E-state index < -0.39 is 35.4 Å². The lowest BCUT2D eigenvalue weighted by atomic mass is 9.70. The van der Waals surface area contributed by atoms with Crippen molar-refractivity contribution < 1.29 is 24.3 Å².